The number of halogens is 1. The summed E-state index contributed by atoms with van der Waals surface area (Å²) in [7, 11) is 1.51. The first-order chi connectivity index (χ1) is 11.6. The summed E-state index contributed by atoms with van der Waals surface area (Å²) in [6.07, 6.45) is 0. The van der Waals surface area contributed by atoms with Crippen molar-refractivity contribution in [3.05, 3.63) is 59.4 Å². The number of benzene rings is 2. The molecule has 5 nitrogen and oxygen atoms in total. The molecule has 0 aromatic heterocycles. The molecule has 0 fully saturated rings. The Kier molecular flexibility index (Phi) is 6.42. The number of rotatable bonds is 6. The van der Waals surface area contributed by atoms with Gasteiger partial charge in [0.05, 0.1) is 13.7 Å². The number of ether oxygens (including phenoxy) is 1. The molecule has 24 heavy (non-hydrogen) atoms. The number of phenols is 1. The average molecular weight is 331 g/mol. The van der Waals surface area contributed by atoms with Crippen LogP contribution in [0.5, 0.6) is 11.5 Å². The second-order valence-corrected chi connectivity index (χ2v) is 5.14. The molecule has 0 aliphatic heterocycles. The van der Waals surface area contributed by atoms with E-state index < -0.39 is 0 Å². The van der Waals surface area contributed by atoms with Crippen LogP contribution >= 0.6 is 0 Å². The van der Waals surface area contributed by atoms with Crippen LogP contribution in [0, 0.1) is 5.82 Å². The monoisotopic (exact) mass is 331 g/mol. The number of para-hydroxylation sites is 1. The number of aliphatic imine (C=N–C) groups is 1. The van der Waals surface area contributed by atoms with E-state index in [0.717, 1.165) is 5.56 Å². The van der Waals surface area contributed by atoms with Gasteiger partial charge in [-0.3, -0.25) is 0 Å². The molecule has 2 aromatic carbocycles. The number of phenolic OH excluding ortho intramolecular Hbond substituents is 1. The van der Waals surface area contributed by atoms with Crippen molar-refractivity contribution in [1.82, 2.24) is 10.6 Å². The van der Waals surface area contributed by atoms with Crippen LogP contribution < -0.4 is 15.4 Å². The molecule has 6 heteroatoms. The molecule has 0 heterocycles. The Hall–Kier alpha value is -2.76. The number of aromatic hydroxyl groups is 1. The van der Waals surface area contributed by atoms with Gasteiger partial charge in [-0.05, 0) is 30.7 Å². The maximum Gasteiger partial charge on any atom is 0.191 e. The fraction of sp³-hybridized carbons (Fsp3) is 0.278. The molecule has 0 amide bonds. The fourth-order valence-electron chi connectivity index (χ4n) is 2.16. The maximum atomic E-state index is 12.9. The summed E-state index contributed by atoms with van der Waals surface area (Å²) in [5.41, 5.74) is 1.62. The molecule has 0 atom stereocenters. The number of nitrogens with zero attached hydrogens (tertiary/aromatic N) is 1. The van der Waals surface area contributed by atoms with Gasteiger partial charge in [-0.2, -0.15) is 0 Å². The van der Waals surface area contributed by atoms with Crippen molar-refractivity contribution in [2.75, 3.05) is 13.7 Å². The van der Waals surface area contributed by atoms with Gasteiger partial charge >= 0.3 is 0 Å². The Morgan fingerprint density at radius 1 is 1.17 bits per heavy atom. The zero-order valence-corrected chi connectivity index (χ0v) is 13.8. The van der Waals surface area contributed by atoms with E-state index in [1.807, 2.05) is 19.1 Å². The van der Waals surface area contributed by atoms with Crippen molar-refractivity contribution < 1.29 is 14.2 Å². The molecular formula is C18H22FN3O2. The third kappa shape index (κ3) is 4.87. The average Bonchev–Trinajstić information content (AvgIpc) is 2.60. The number of guanidine groups is 1. The van der Waals surface area contributed by atoms with Crippen LogP contribution in [0.15, 0.2) is 47.5 Å². The first-order valence-corrected chi connectivity index (χ1v) is 7.75. The highest BCUT2D eigenvalue weighted by Crippen LogP contribution is 2.29. The summed E-state index contributed by atoms with van der Waals surface area (Å²) >= 11 is 0. The Bertz CT molecular complexity index is 687. The molecule has 3 N–H and O–H groups in total. The van der Waals surface area contributed by atoms with Crippen molar-refractivity contribution in [1.29, 1.82) is 0 Å². The quantitative estimate of drug-likeness (QED) is 0.562. The Morgan fingerprint density at radius 3 is 2.58 bits per heavy atom. The summed E-state index contributed by atoms with van der Waals surface area (Å²) in [5, 5.41) is 16.4. The van der Waals surface area contributed by atoms with E-state index in [9.17, 15) is 9.50 Å². The summed E-state index contributed by atoms with van der Waals surface area (Å²) in [6.45, 7) is 3.51. The van der Waals surface area contributed by atoms with Crippen LogP contribution in [0.2, 0.25) is 0 Å². The van der Waals surface area contributed by atoms with Crippen molar-refractivity contribution >= 4 is 5.96 Å². The summed E-state index contributed by atoms with van der Waals surface area (Å²) in [6, 6.07) is 11.6. The molecule has 0 unspecified atom stereocenters. The zero-order chi connectivity index (χ0) is 17.4. The highest BCUT2D eigenvalue weighted by molar-refractivity contribution is 5.79. The SMILES string of the molecule is CCNC(=NCc1ccc(F)cc1)NCc1cccc(OC)c1O. The minimum atomic E-state index is -0.263. The third-order valence-corrected chi connectivity index (χ3v) is 3.43. The van der Waals surface area contributed by atoms with Crippen LogP contribution in [0.25, 0.3) is 0 Å². The summed E-state index contributed by atoms with van der Waals surface area (Å²) < 4.78 is 18.0. The lowest BCUT2D eigenvalue weighted by Gasteiger charge is -2.13. The smallest absolute Gasteiger partial charge is 0.191 e. The van der Waals surface area contributed by atoms with E-state index in [0.29, 0.717) is 36.9 Å². The van der Waals surface area contributed by atoms with Crippen LogP contribution in [0.1, 0.15) is 18.1 Å². The Morgan fingerprint density at radius 2 is 1.92 bits per heavy atom. The molecule has 0 aliphatic carbocycles. The van der Waals surface area contributed by atoms with Gasteiger partial charge in [-0.15, -0.1) is 0 Å². The largest absolute Gasteiger partial charge is 0.504 e. The van der Waals surface area contributed by atoms with Gasteiger partial charge in [0, 0.05) is 18.7 Å². The first-order valence-electron chi connectivity index (χ1n) is 7.75. The lowest BCUT2D eigenvalue weighted by Crippen LogP contribution is -2.36. The Labute approximate surface area is 141 Å². The van der Waals surface area contributed by atoms with Crippen molar-refractivity contribution in [2.45, 2.75) is 20.0 Å². The van der Waals surface area contributed by atoms with E-state index in [-0.39, 0.29) is 11.6 Å². The predicted molar refractivity (Wildman–Crippen MR) is 92.7 cm³/mol. The number of hydrogen-bond donors (Lipinski definition) is 3. The highest BCUT2D eigenvalue weighted by atomic mass is 19.1. The molecule has 0 aliphatic rings. The maximum absolute atomic E-state index is 12.9. The number of methoxy groups -OCH3 is 1. The summed E-state index contributed by atoms with van der Waals surface area (Å²) in [5.74, 6) is 0.898. The molecule has 0 saturated carbocycles. The standard InChI is InChI=1S/C18H22FN3O2/c1-3-20-18(21-11-13-7-9-15(19)10-8-13)22-12-14-5-4-6-16(24-2)17(14)23/h4-10,23H,3,11-12H2,1-2H3,(H2,20,21,22). The van der Waals surface area contributed by atoms with Gasteiger partial charge in [0.15, 0.2) is 17.5 Å². The molecule has 0 spiro atoms. The van der Waals surface area contributed by atoms with Gasteiger partial charge in [-0.25, -0.2) is 9.38 Å². The topological polar surface area (TPSA) is 65.9 Å². The molecule has 0 bridgehead atoms. The van der Waals surface area contributed by atoms with E-state index in [1.165, 1.54) is 19.2 Å². The van der Waals surface area contributed by atoms with E-state index in [2.05, 4.69) is 15.6 Å². The van der Waals surface area contributed by atoms with E-state index in [4.69, 9.17) is 4.74 Å². The van der Waals surface area contributed by atoms with Crippen molar-refractivity contribution in [2.24, 2.45) is 4.99 Å². The minimum absolute atomic E-state index is 0.113. The first kappa shape index (κ1) is 17.6. The van der Waals surface area contributed by atoms with E-state index >= 15 is 0 Å². The fourth-order valence-corrected chi connectivity index (χ4v) is 2.16. The molecule has 2 aromatic rings. The Balaban J connectivity index is 2.03. The molecular weight excluding hydrogens is 309 g/mol. The second-order valence-electron chi connectivity index (χ2n) is 5.14. The normalized spacial score (nSPS) is 11.2. The molecule has 128 valence electrons. The van der Waals surface area contributed by atoms with Crippen LogP contribution in [-0.4, -0.2) is 24.7 Å². The van der Waals surface area contributed by atoms with Gasteiger partial charge < -0.3 is 20.5 Å². The second kappa shape index (κ2) is 8.76. The van der Waals surface area contributed by atoms with Gasteiger partial charge in [0.2, 0.25) is 0 Å². The lowest BCUT2D eigenvalue weighted by molar-refractivity contribution is 0.370. The van der Waals surface area contributed by atoms with Gasteiger partial charge in [0.25, 0.3) is 0 Å². The van der Waals surface area contributed by atoms with Gasteiger partial charge in [-0.1, -0.05) is 24.3 Å². The number of nitrogens with one attached hydrogen (secondary N) is 2. The molecule has 0 radical (unpaired) electrons. The molecule has 2 rings (SSSR count). The molecule has 0 saturated heterocycles. The zero-order valence-electron chi connectivity index (χ0n) is 13.8. The van der Waals surface area contributed by atoms with Gasteiger partial charge in [0.1, 0.15) is 5.82 Å². The number of hydrogen-bond acceptors (Lipinski definition) is 3. The summed E-state index contributed by atoms with van der Waals surface area (Å²) in [4.78, 5) is 4.46. The van der Waals surface area contributed by atoms with Crippen molar-refractivity contribution in [3.8, 4) is 11.5 Å². The minimum Gasteiger partial charge on any atom is -0.504 e. The van der Waals surface area contributed by atoms with Crippen LogP contribution in [-0.2, 0) is 13.1 Å². The van der Waals surface area contributed by atoms with Crippen molar-refractivity contribution in [3.63, 3.8) is 0 Å². The lowest BCUT2D eigenvalue weighted by atomic mass is 10.2. The predicted octanol–water partition coefficient (Wildman–Crippen LogP) is 2.80. The highest BCUT2D eigenvalue weighted by Gasteiger charge is 2.07. The van der Waals surface area contributed by atoms with Crippen LogP contribution in [0.4, 0.5) is 4.39 Å². The van der Waals surface area contributed by atoms with E-state index in [1.54, 1.807) is 18.2 Å². The van der Waals surface area contributed by atoms with Crippen LogP contribution in [0.3, 0.4) is 0 Å². The third-order valence-electron chi connectivity index (χ3n) is 3.43.